The minimum absolute atomic E-state index is 0.199. The zero-order valence-corrected chi connectivity index (χ0v) is 20.8. The summed E-state index contributed by atoms with van der Waals surface area (Å²) in [7, 11) is 0. The van der Waals surface area contributed by atoms with Crippen molar-refractivity contribution in [3.63, 3.8) is 0 Å². The molecule has 10 nitrogen and oxygen atoms in total. The Morgan fingerprint density at radius 1 is 1.16 bits per heavy atom. The summed E-state index contributed by atoms with van der Waals surface area (Å²) in [4.78, 5) is 22.0. The van der Waals surface area contributed by atoms with Crippen LogP contribution in [0.4, 0.5) is 24.7 Å². The van der Waals surface area contributed by atoms with E-state index >= 15 is 0 Å². The lowest BCUT2D eigenvalue weighted by molar-refractivity contribution is -0.138. The Balaban J connectivity index is 1.16. The third-order valence-electron chi connectivity index (χ3n) is 7.71. The maximum atomic E-state index is 13.6. The number of alkyl halides is 3. The van der Waals surface area contributed by atoms with Crippen molar-refractivity contribution in [1.82, 2.24) is 20.1 Å². The first kappa shape index (κ1) is 26.4. The Bertz CT molecular complexity index is 1210. The summed E-state index contributed by atoms with van der Waals surface area (Å²) in [5.74, 6) is 0.797. The molecule has 0 amide bonds. The number of aromatic amines is 1. The molecule has 0 spiro atoms. The Morgan fingerprint density at radius 2 is 1.95 bits per heavy atom. The van der Waals surface area contributed by atoms with Crippen LogP contribution >= 0.6 is 0 Å². The van der Waals surface area contributed by atoms with Gasteiger partial charge in [0.25, 0.3) is 5.56 Å². The predicted octanol–water partition coefficient (Wildman–Crippen LogP) is 2.10. The molecule has 0 aromatic carbocycles. The lowest BCUT2D eigenvalue weighted by Gasteiger charge is -2.38. The predicted molar refractivity (Wildman–Crippen MR) is 131 cm³/mol. The lowest BCUT2D eigenvalue weighted by atomic mass is 10.0. The first-order chi connectivity index (χ1) is 18.2. The second-order valence-corrected chi connectivity index (χ2v) is 9.99. The molecule has 0 bridgehead atoms. The molecule has 204 valence electrons. The Labute approximate surface area is 217 Å². The first-order valence-electron chi connectivity index (χ1n) is 12.8. The van der Waals surface area contributed by atoms with Gasteiger partial charge >= 0.3 is 6.18 Å². The van der Waals surface area contributed by atoms with Gasteiger partial charge in [0.2, 0.25) is 0 Å². The van der Waals surface area contributed by atoms with Gasteiger partial charge in [-0.2, -0.15) is 23.5 Å². The molecule has 38 heavy (non-hydrogen) atoms. The van der Waals surface area contributed by atoms with E-state index in [9.17, 15) is 23.1 Å². The molecule has 4 atom stereocenters. The molecule has 3 aliphatic heterocycles. The number of ether oxygens (including phenoxy) is 1. The van der Waals surface area contributed by atoms with Crippen molar-refractivity contribution in [3.05, 3.63) is 46.0 Å². The van der Waals surface area contributed by atoms with Gasteiger partial charge in [-0.25, -0.2) is 10.1 Å². The van der Waals surface area contributed by atoms with Crippen molar-refractivity contribution >= 4 is 11.5 Å². The number of aliphatic hydroxyl groups is 1. The number of nitrogens with one attached hydrogen (secondary N) is 1. The van der Waals surface area contributed by atoms with Crippen LogP contribution in [0.5, 0.6) is 0 Å². The normalized spacial score (nSPS) is 25.5. The summed E-state index contributed by atoms with van der Waals surface area (Å²) in [5.41, 5.74) is -2.16. The molecule has 2 aromatic rings. The molecule has 0 aliphatic carbocycles. The fourth-order valence-electron chi connectivity index (χ4n) is 5.82. The molecule has 0 saturated carbocycles. The lowest BCUT2D eigenvalue weighted by Crippen LogP contribution is -2.51. The number of anilines is 2. The molecule has 13 heteroatoms. The number of rotatable bonds is 6. The highest BCUT2D eigenvalue weighted by Crippen LogP contribution is 2.39. The standard InChI is InChI=1S/C25H30F3N7O3/c26-25(27,28)23-19(15-31-32-24(23)37)35-7-1-2-18(35)20-5-4-17(38-20)12-22(36)34-10-8-33(9-11-34)21-6-3-16(13-29)14-30-21/h3,6,14-15,17-18,20,22,36H,1-2,4-5,7-12H2,(H,32,37)/t17-,18+,20+,22?/m1/s1. The van der Waals surface area contributed by atoms with Crippen molar-refractivity contribution in [3.8, 4) is 6.07 Å². The third kappa shape index (κ3) is 5.48. The molecule has 3 fully saturated rings. The summed E-state index contributed by atoms with van der Waals surface area (Å²) in [6.45, 7) is 3.06. The molecule has 3 aliphatic rings. The van der Waals surface area contributed by atoms with Gasteiger partial charge in [-0.05, 0) is 37.8 Å². The summed E-state index contributed by atoms with van der Waals surface area (Å²) < 4.78 is 47.2. The summed E-state index contributed by atoms with van der Waals surface area (Å²) >= 11 is 0. The topological polar surface area (TPSA) is 122 Å². The highest BCUT2D eigenvalue weighted by Gasteiger charge is 2.44. The zero-order valence-electron chi connectivity index (χ0n) is 20.8. The Morgan fingerprint density at radius 3 is 2.63 bits per heavy atom. The number of H-pyrrole nitrogens is 1. The number of halogens is 3. The van der Waals surface area contributed by atoms with Crippen LogP contribution in [0.15, 0.2) is 29.3 Å². The Kier molecular flexibility index (Phi) is 7.56. The molecule has 0 radical (unpaired) electrons. The number of pyridine rings is 1. The quantitative estimate of drug-likeness (QED) is 0.575. The van der Waals surface area contributed by atoms with Crippen LogP contribution in [0.2, 0.25) is 0 Å². The molecule has 3 saturated heterocycles. The average molecular weight is 534 g/mol. The van der Waals surface area contributed by atoms with E-state index in [0.717, 1.165) is 12.0 Å². The van der Waals surface area contributed by atoms with E-state index < -0.39 is 23.5 Å². The number of hydrogen-bond acceptors (Lipinski definition) is 9. The fourth-order valence-corrected chi connectivity index (χ4v) is 5.82. The average Bonchev–Trinajstić information content (AvgIpc) is 3.57. The maximum absolute atomic E-state index is 13.6. The van der Waals surface area contributed by atoms with E-state index in [2.05, 4.69) is 21.1 Å². The van der Waals surface area contributed by atoms with E-state index in [1.165, 1.54) is 0 Å². The number of aromatic nitrogens is 3. The fraction of sp³-hybridized carbons (Fsp3) is 0.600. The van der Waals surface area contributed by atoms with Crippen LogP contribution < -0.4 is 15.4 Å². The van der Waals surface area contributed by atoms with Gasteiger partial charge in [-0.3, -0.25) is 9.69 Å². The van der Waals surface area contributed by atoms with Crippen molar-refractivity contribution in [2.24, 2.45) is 0 Å². The second kappa shape index (κ2) is 10.9. The number of nitriles is 1. The molecular formula is C25H30F3N7O3. The molecule has 5 rings (SSSR count). The van der Waals surface area contributed by atoms with Crippen molar-refractivity contribution in [1.29, 1.82) is 5.26 Å². The van der Waals surface area contributed by atoms with E-state index in [0.29, 0.717) is 70.4 Å². The van der Waals surface area contributed by atoms with Crippen LogP contribution in [0.1, 0.15) is 43.2 Å². The molecule has 2 N–H and O–H groups in total. The highest BCUT2D eigenvalue weighted by molar-refractivity contribution is 5.54. The Hall–Kier alpha value is -3.21. The van der Waals surface area contributed by atoms with Crippen molar-refractivity contribution in [2.75, 3.05) is 42.5 Å². The first-order valence-corrected chi connectivity index (χ1v) is 12.8. The number of piperazine rings is 1. The molecular weight excluding hydrogens is 503 g/mol. The van der Waals surface area contributed by atoms with Crippen LogP contribution in [0.25, 0.3) is 0 Å². The number of hydrogen-bond donors (Lipinski definition) is 2. The largest absolute Gasteiger partial charge is 0.423 e. The zero-order chi connectivity index (χ0) is 26.9. The van der Waals surface area contributed by atoms with Crippen LogP contribution in [0.3, 0.4) is 0 Å². The van der Waals surface area contributed by atoms with Gasteiger partial charge in [-0.15, -0.1) is 0 Å². The second-order valence-electron chi connectivity index (χ2n) is 9.99. The minimum atomic E-state index is -4.79. The molecule has 1 unspecified atom stereocenters. The smallest absolute Gasteiger partial charge is 0.378 e. The van der Waals surface area contributed by atoms with E-state index in [-0.39, 0.29) is 23.9 Å². The van der Waals surface area contributed by atoms with Gasteiger partial charge < -0.3 is 19.6 Å². The van der Waals surface area contributed by atoms with Gasteiger partial charge in [-0.1, -0.05) is 0 Å². The minimum Gasteiger partial charge on any atom is -0.378 e. The third-order valence-corrected chi connectivity index (χ3v) is 7.71. The SMILES string of the molecule is N#Cc1ccc(N2CCN(C(O)C[C@H]3CC[C@@H]([C@@H]4CCCN4c4cn[nH]c(=O)c4C(F)(F)F)O3)CC2)nc1. The van der Waals surface area contributed by atoms with E-state index in [1.54, 1.807) is 17.2 Å². The van der Waals surface area contributed by atoms with Crippen molar-refractivity contribution < 1.29 is 23.0 Å². The van der Waals surface area contributed by atoms with Gasteiger partial charge in [0, 0.05) is 45.3 Å². The van der Waals surface area contributed by atoms with E-state index in [1.807, 2.05) is 16.1 Å². The van der Waals surface area contributed by atoms with Gasteiger partial charge in [0.1, 0.15) is 23.7 Å². The summed E-state index contributed by atoms with van der Waals surface area (Å²) in [6.07, 6.45) is -0.183. The number of nitrogens with zero attached hydrogens (tertiary/aromatic N) is 6. The van der Waals surface area contributed by atoms with Gasteiger partial charge in [0.15, 0.2) is 0 Å². The maximum Gasteiger partial charge on any atom is 0.423 e. The number of aliphatic hydroxyl groups excluding tert-OH is 1. The molecule has 5 heterocycles. The molecule has 2 aromatic heterocycles. The van der Waals surface area contributed by atoms with Crippen molar-refractivity contribution in [2.45, 2.75) is 62.8 Å². The summed E-state index contributed by atoms with van der Waals surface area (Å²) in [5, 5.41) is 25.4. The monoisotopic (exact) mass is 533 g/mol. The van der Waals surface area contributed by atoms with Crippen LogP contribution in [-0.2, 0) is 10.9 Å². The van der Waals surface area contributed by atoms with Crippen LogP contribution in [0, 0.1) is 11.3 Å². The van der Waals surface area contributed by atoms with E-state index in [4.69, 9.17) is 10.00 Å². The van der Waals surface area contributed by atoms with Crippen LogP contribution in [-0.4, -0.2) is 82.4 Å². The summed E-state index contributed by atoms with van der Waals surface area (Å²) in [6, 6.07) is 5.33. The highest BCUT2D eigenvalue weighted by atomic mass is 19.4. The van der Waals surface area contributed by atoms with Gasteiger partial charge in [0.05, 0.1) is 35.7 Å².